The number of phenols is 1. The normalized spacial score (nSPS) is 12.1. The lowest BCUT2D eigenvalue weighted by atomic mass is 9.78. The number of aliphatic hydroxyl groups is 1. The van der Waals surface area contributed by atoms with Gasteiger partial charge in [-0.2, -0.15) is 0 Å². The highest BCUT2D eigenvalue weighted by molar-refractivity contribution is 7.09. The van der Waals surface area contributed by atoms with Crippen molar-refractivity contribution in [3.05, 3.63) is 33.6 Å². The number of hydrogen-bond donors (Lipinski definition) is 2. The molecule has 0 radical (unpaired) electrons. The highest BCUT2D eigenvalue weighted by Crippen LogP contribution is 2.42. The fourth-order valence-corrected chi connectivity index (χ4v) is 3.10. The minimum absolute atomic E-state index is 0. The van der Waals surface area contributed by atoms with Crippen LogP contribution in [0.4, 0.5) is 0 Å². The number of benzene rings is 1. The fraction of sp³-hybridized carbons (Fsp3) is 0.500. The minimum Gasteiger partial charge on any atom is -0.507 e. The molecule has 1 heterocycles. The van der Waals surface area contributed by atoms with E-state index in [1.54, 1.807) is 0 Å². The van der Waals surface area contributed by atoms with Gasteiger partial charge in [0.1, 0.15) is 10.8 Å². The van der Waals surface area contributed by atoms with E-state index >= 15 is 0 Å². The number of nitrogens with zero attached hydrogens (tertiary/aromatic N) is 1. The maximum atomic E-state index is 10.7. The van der Waals surface area contributed by atoms with Crippen LogP contribution in [0.25, 0.3) is 11.3 Å². The molecule has 0 amide bonds. The molecule has 0 aliphatic carbocycles. The molecule has 0 saturated carbocycles. The van der Waals surface area contributed by atoms with Gasteiger partial charge >= 0.3 is 0 Å². The summed E-state index contributed by atoms with van der Waals surface area (Å²) in [5, 5.41) is 22.6. The standard InChI is InChI=1S/C18H25NO2S.ClH/c1-17(2,3)12-7-11(14-10-22-15(9-20)19-14)8-13(16(12)21)18(4,5)6;/h7-8,10,20-21H,9H2,1-6H3;1H. The largest absolute Gasteiger partial charge is 0.507 e. The Balaban J connectivity index is 0.00000264. The smallest absolute Gasteiger partial charge is 0.123 e. The Morgan fingerprint density at radius 3 is 1.83 bits per heavy atom. The second-order valence-corrected chi connectivity index (χ2v) is 8.65. The van der Waals surface area contributed by atoms with Gasteiger partial charge in [0, 0.05) is 22.1 Å². The Bertz CT molecular complexity index is 646. The molecule has 3 nitrogen and oxygen atoms in total. The van der Waals surface area contributed by atoms with E-state index < -0.39 is 0 Å². The molecule has 0 fully saturated rings. The van der Waals surface area contributed by atoms with E-state index in [1.165, 1.54) is 11.3 Å². The molecule has 5 heteroatoms. The van der Waals surface area contributed by atoms with Crippen molar-refractivity contribution in [2.75, 3.05) is 0 Å². The highest BCUT2D eigenvalue weighted by Gasteiger charge is 2.27. The number of rotatable bonds is 2. The third-order valence-electron chi connectivity index (χ3n) is 3.71. The van der Waals surface area contributed by atoms with Crippen LogP contribution in [0.3, 0.4) is 0 Å². The molecule has 0 unspecified atom stereocenters. The molecule has 0 spiro atoms. The summed E-state index contributed by atoms with van der Waals surface area (Å²) in [7, 11) is 0. The minimum atomic E-state index is -0.157. The second-order valence-electron chi connectivity index (χ2n) is 7.70. The van der Waals surface area contributed by atoms with Crippen molar-refractivity contribution in [1.82, 2.24) is 4.98 Å². The van der Waals surface area contributed by atoms with Crippen molar-refractivity contribution >= 4 is 23.7 Å². The lowest BCUT2D eigenvalue weighted by molar-refractivity contribution is 0.281. The van der Waals surface area contributed by atoms with E-state index in [1.807, 2.05) is 17.5 Å². The molecule has 23 heavy (non-hydrogen) atoms. The number of phenolic OH excluding ortho intramolecular Hbond substituents is 1. The molecule has 2 aromatic rings. The molecule has 0 saturated heterocycles. The number of aliphatic hydroxyl groups excluding tert-OH is 1. The van der Waals surface area contributed by atoms with Crippen LogP contribution in [0, 0.1) is 0 Å². The van der Waals surface area contributed by atoms with Crippen molar-refractivity contribution < 1.29 is 10.2 Å². The van der Waals surface area contributed by atoms with Crippen LogP contribution >= 0.6 is 23.7 Å². The number of thiazole rings is 1. The van der Waals surface area contributed by atoms with Gasteiger partial charge in [-0.15, -0.1) is 23.7 Å². The van der Waals surface area contributed by atoms with Gasteiger partial charge in [0.25, 0.3) is 0 Å². The summed E-state index contributed by atoms with van der Waals surface area (Å²) >= 11 is 1.45. The maximum Gasteiger partial charge on any atom is 0.123 e. The highest BCUT2D eigenvalue weighted by atomic mass is 35.5. The molecular formula is C18H26ClNO2S. The summed E-state index contributed by atoms with van der Waals surface area (Å²) in [5.41, 5.74) is 3.38. The second kappa shape index (κ2) is 6.80. The average Bonchev–Trinajstić information content (AvgIpc) is 2.85. The van der Waals surface area contributed by atoms with Crippen LogP contribution in [0.1, 0.15) is 57.7 Å². The predicted octanol–water partition coefficient (Wildman–Crippen LogP) is 5.02. The third kappa shape index (κ3) is 4.25. The van der Waals surface area contributed by atoms with Crippen LogP contribution in [-0.2, 0) is 17.4 Å². The Hall–Kier alpha value is -1.10. The van der Waals surface area contributed by atoms with Gasteiger partial charge < -0.3 is 10.2 Å². The Labute approximate surface area is 148 Å². The van der Waals surface area contributed by atoms with Crippen LogP contribution in [-0.4, -0.2) is 15.2 Å². The zero-order chi connectivity index (χ0) is 16.7. The van der Waals surface area contributed by atoms with Gasteiger partial charge in [0.15, 0.2) is 0 Å². The monoisotopic (exact) mass is 355 g/mol. The topological polar surface area (TPSA) is 53.4 Å². The summed E-state index contributed by atoms with van der Waals surface area (Å²) in [5.74, 6) is 0.376. The van der Waals surface area contributed by atoms with Gasteiger partial charge in [0.05, 0.1) is 12.3 Å². The molecule has 1 aromatic carbocycles. The van der Waals surface area contributed by atoms with Crippen LogP contribution in [0.5, 0.6) is 5.75 Å². The zero-order valence-electron chi connectivity index (χ0n) is 14.6. The van der Waals surface area contributed by atoms with Gasteiger partial charge in [0.2, 0.25) is 0 Å². The number of halogens is 1. The summed E-state index contributed by atoms with van der Waals surface area (Å²) in [6, 6.07) is 4.03. The van der Waals surface area contributed by atoms with Gasteiger partial charge in [-0.3, -0.25) is 0 Å². The quantitative estimate of drug-likeness (QED) is 0.794. The summed E-state index contributed by atoms with van der Waals surface area (Å²) in [6.07, 6.45) is 0. The Kier molecular flexibility index (Phi) is 5.89. The van der Waals surface area contributed by atoms with E-state index in [2.05, 4.69) is 46.5 Å². The van der Waals surface area contributed by atoms with Crippen molar-refractivity contribution in [2.45, 2.75) is 59.0 Å². The van der Waals surface area contributed by atoms with Crippen LogP contribution in [0.15, 0.2) is 17.5 Å². The fourth-order valence-electron chi connectivity index (χ4n) is 2.44. The molecule has 1 aromatic heterocycles. The third-order valence-corrected chi connectivity index (χ3v) is 4.54. The molecule has 2 N–H and O–H groups in total. The summed E-state index contributed by atoms with van der Waals surface area (Å²) in [6.45, 7) is 12.5. The van der Waals surface area contributed by atoms with Crippen LogP contribution in [0.2, 0.25) is 0 Å². The Morgan fingerprint density at radius 2 is 1.48 bits per heavy atom. The van der Waals surface area contributed by atoms with Gasteiger partial charge in [-0.25, -0.2) is 4.98 Å². The molecule has 0 bridgehead atoms. The average molecular weight is 356 g/mol. The first kappa shape index (κ1) is 19.9. The van der Waals surface area contributed by atoms with Gasteiger partial charge in [-0.1, -0.05) is 41.5 Å². The first-order valence-corrected chi connectivity index (χ1v) is 8.35. The zero-order valence-corrected chi connectivity index (χ0v) is 16.2. The first-order chi connectivity index (χ1) is 10.0. The lowest BCUT2D eigenvalue weighted by Crippen LogP contribution is -2.17. The lowest BCUT2D eigenvalue weighted by Gasteiger charge is -2.28. The molecule has 0 atom stereocenters. The molecule has 128 valence electrons. The maximum absolute atomic E-state index is 10.7. The number of aromatic hydroxyl groups is 1. The van der Waals surface area contributed by atoms with Crippen molar-refractivity contribution in [3.63, 3.8) is 0 Å². The predicted molar refractivity (Wildman–Crippen MR) is 99.8 cm³/mol. The van der Waals surface area contributed by atoms with Crippen molar-refractivity contribution in [2.24, 2.45) is 0 Å². The molecule has 2 rings (SSSR count). The van der Waals surface area contributed by atoms with Gasteiger partial charge in [-0.05, 0) is 23.0 Å². The van der Waals surface area contributed by atoms with Crippen molar-refractivity contribution in [3.8, 4) is 17.0 Å². The van der Waals surface area contributed by atoms with E-state index in [0.29, 0.717) is 10.8 Å². The Morgan fingerprint density at radius 1 is 1.00 bits per heavy atom. The molecular weight excluding hydrogens is 330 g/mol. The van der Waals surface area contributed by atoms with E-state index in [-0.39, 0.29) is 29.8 Å². The van der Waals surface area contributed by atoms with E-state index in [4.69, 9.17) is 0 Å². The molecule has 0 aliphatic rings. The number of aromatic nitrogens is 1. The summed E-state index contributed by atoms with van der Waals surface area (Å²) < 4.78 is 0. The first-order valence-electron chi connectivity index (χ1n) is 7.47. The molecule has 0 aliphatic heterocycles. The van der Waals surface area contributed by atoms with E-state index in [9.17, 15) is 10.2 Å². The van der Waals surface area contributed by atoms with Crippen LogP contribution < -0.4 is 0 Å². The van der Waals surface area contributed by atoms with Crippen molar-refractivity contribution in [1.29, 1.82) is 0 Å². The van der Waals surface area contributed by atoms with E-state index in [0.717, 1.165) is 22.4 Å². The summed E-state index contributed by atoms with van der Waals surface area (Å²) in [4.78, 5) is 4.46. The number of hydrogen-bond acceptors (Lipinski definition) is 4. The SMILES string of the molecule is CC(C)(C)c1cc(-c2csc(CO)n2)cc(C(C)(C)C)c1O.Cl.